The summed E-state index contributed by atoms with van der Waals surface area (Å²) in [5.74, 6) is 1.21. The third-order valence-electron chi connectivity index (χ3n) is 3.69. The summed E-state index contributed by atoms with van der Waals surface area (Å²) in [7, 11) is 0. The number of aliphatic hydroxyl groups is 1. The molecule has 1 saturated heterocycles. The molecule has 1 saturated carbocycles. The van der Waals surface area contributed by atoms with E-state index in [0.29, 0.717) is 12.0 Å². The zero-order valence-corrected chi connectivity index (χ0v) is 8.36. The minimum atomic E-state index is 0.102. The van der Waals surface area contributed by atoms with Gasteiger partial charge in [0.25, 0.3) is 0 Å². The van der Waals surface area contributed by atoms with Gasteiger partial charge < -0.3 is 10.8 Å². The summed E-state index contributed by atoms with van der Waals surface area (Å²) in [5.41, 5.74) is 6.23. The quantitative estimate of drug-likeness (QED) is 0.673. The van der Waals surface area contributed by atoms with Crippen molar-refractivity contribution < 1.29 is 5.11 Å². The third-order valence-corrected chi connectivity index (χ3v) is 5.15. The highest BCUT2D eigenvalue weighted by atomic mass is 32.2. The van der Waals surface area contributed by atoms with Crippen LogP contribution in [0.1, 0.15) is 19.8 Å². The van der Waals surface area contributed by atoms with Gasteiger partial charge in [-0.05, 0) is 24.0 Å². The van der Waals surface area contributed by atoms with Crippen LogP contribution in [0.4, 0.5) is 0 Å². The topological polar surface area (TPSA) is 46.2 Å². The monoisotopic (exact) mass is 187 g/mol. The molecule has 0 amide bonds. The molecule has 1 heterocycles. The Hall–Kier alpha value is 0.270. The maximum atomic E-state index is 9.28. The Morgan fingerprint density at radius 2 is 2.42 bits per heavy atom. The highest BCUT2D eigenvalue weighted by molar-refractivity contribution is 8.00. The van der Waals surface area contributed by atoms with E-state index in [0.717, 1.165) is 11.7 Å². The Bertz CT molecular complexity index is 193. The molecule has 0 aromatic rings. The average Bonchev–Trinajstić information content (AvgIpc) is 2.54. The van der Waals surface area contributed by atoms with Crippen molar-refractivity contribution in [1.82, 2.24) is 0 Å². The predicted octanol–water partition coefficient (Wildman–Crippen LogP) is 0.839. The number of hydrogen-bond acceptors (Lipinski definition) is 3. The summed E-state index contributed by atoms with van der Waals surface area (Å²) >= 11 is 2.03. The number of aliphatic hydroxyl groups excluding tert-OH is 1. The van der Waals surface area contributed by atoms with E-state index in [1.165, 1.54) is 12.2 Å². The van der Waals surface area contributed by atoms with Crippen molar-refractivity contribution in [3.05, 3.63) is 0 Å². The Balaban J connectivity index is 2.08. The SMILES string of the molecule is CC1CC2(CS1)CC2(CN)CO. The maximum absolute atomic E-state index is 9.28. The van der Waals surface area contributed by atoms with Crippen LogP contribution in [0, 0.1) is 10.8 Å². The van der Waals surface area contributed by atoms with E-state index in [9.17, 15) is 5.11 Å². The van der Waals surface area contributed by atoms with E-state index in [-0.39, 0.29) is 12.0 Å². The Morgan fingerprint density at radius 3 is 2.75 bits per heavy atom. The van der Waals surface area contributed by atoms with E-state index >= 15 is 0 Å². The van der Waals surface area contributed by atoms with Gasteiger partial charge in [-0.2, -0.15) is 11.8 Å². The Labute approximate surface area is 77.9 Å². The summed E-state index contributed by atoms with van der Waals surface area (Å²) in [5, 5.41) is 10.0. The second-order valence-corrected chi connectivity index (χ2v) is 5.85. The molecule has 2 nitrogen and oxygen atoms in total. The molecule has 0 aromatic carbocycles. The fraction of sp³-hybridized carbons (Fsp3) is 1.00. The smallest absolute Gasteiger partial charge is 0.0505 e. The summed E-state index contributed by atoms with van der Waals surface area (Å²) < 4.78 is 0. The molecule has 1 aliphatic carbocycles. The number of nitrogens with two attached hydrogens (primary N) is 1. The van der Waals surface area contributed by atoms with Crippen LogP contribution >= 0.6 is 11.8 Å². The number of rotatable bonds is 2. The second-order valence-electron chi connectivity index (χ2n) is 4.43. The van der Waals surface area contributed by atoms with Crippen LogP contribution in [-0.4, -0.2) is 29.3 Å². The molecular formula is C9H17NOS. The molecule has 3 unspecified atom stereocenters. The molecule has 2 aliphatic rings. The van der Waals surface area contributed by atoms with Crippen LogP contribution in [-0.2, 0) is 0 Å². The van der Waals surface area contributed by atoms with Crippen LogP contribution < -0.4 is 5.73 Å². The highest BCUT2D eigenvalue weighted by Gasteiger charge is 2.67. The van der Waals surface area contributed by atoms with Gasteiger partial charge in [-0.1, -0.05) is 6.92 Å². The molecule has 70 valence electrons. The van der Waals surface area contributed by atoms with Crippen LogP contribution in [0.5, 0.6) is 0 Å². The molecule has 3 atom stereocenters. The molecule has 0 radical (unpaired) electrons. The fourth-order valence-corrected chi connectivity index (χ4v) is 4.21. The molecule has 3 heteroatoms. The minimum absolute atomic E-state index is 0.102. The zero-order chi connectivity index (χ0) is 8.82. The van der Waals surface area contributed by atoms with Crippen LogP contribution in [0.15, 0.2) is 0 Å². The number of hydrogen-bond donors (Lipinski definition) is 2. The second kappa shape index (κ2) is 2.63. The fourth-order valence-electron chi connectivity index (χ4n) is 2.64. The summed E-state index contributed by atoms with van der Waals surface area (Å²) in [6.45, 7) is 3.23. The van der Waals surface area contributed by atoms with Crippen molar-refractivity contribution in [2.75, 3.05) is 18.9 Å². The van der Waals surface area contributed by atoms with Gasteiger partial charge in [-0.15, -0.1) is 0 Å². The van der Waals surface area contributed by atoms with E-state index in [1.807, 2.05) is 11.8 Å². The first kappa shape index (κ1) is 8.85. The molecule has 0 bridgehead atoms. The molecule has 12 heavy (non-hydrogen) atoms. The standard InChI is InChI=1S/C9H17NOS/c1-7-2-8(6-12-7)3-9(8,4-10)5-11/h7,11H,2-6,10H2,1H3. The molecular weight excluding hydrogens is 170 g/mol. The van der Waals surface area contributed by atoms with Gasteiger partial charge in [0, 0.05) is 17.2 Å². The zero-order valence-electron chi connectivity index (χ0n) is 7.55. The lowest BCUT2D eigenvalue weighted by molar-refractivity contribution is 0.181. The first-order valence-corrected chi connectivity index (χ1v) is 5.65. The predicted molar refractivity (Wildman–Crippen MR) is 52.2 cm³/mol. The van der Waals surface area contributed by atoms with Crippen LogP contribution in [0.3, 0.4) is 0 Å². The van der Waals surface area contributed by atoms with Gasteiger partial charge in [0.05, 0.1) is 6.61 Å². The molecule has 2 fully saturated rings. The lowest BCUT2D eigenvalue weighted by atomic mass is 9.91. The lowest BCUT2D eigenvalue weighted by Gasteiger charge is -2.17. The average molecular weight is 187 g/mol. The first-order chi connectivity index (χ1) is 5.68. The lowest BCUT2D eigenvalue weighted by Crippen LogP contribution is -2.27. The van der Waals surface area contributed by atoms with Crippen molar-refractivity contribution >= 4 is 11.8 Å². The van der Waals surface area contributed by atoms with E-state index in [2.05, 4.69) is 6.92 Å². The number of thioether (sulfide) groups is 1. The van der Waals surface area contributed by atoms with Gasteiger partial charge in [0.15, 0.2) is 0 Å². The molecule has 2 rings (SSSR count). The minimum Gasteiger partial charge on any atom is -0.396 e. The highest BCUT2D eigenvalue weighted by Crippen LogP contribution is 2.70. The van der Waals surface area contributed by atoms with Crippen molar-refractivity contribution in [2.24, 2.45) is 16.6 Å². The summed E-state index contributed by atoms with van der Waals surface area (Å²) in [6, 6.07) is 0. The van der Waals surface area contributed by atoms with Gasteiger partial charge in [-0.3, -0.25) is 0 Å². The van der Waals surface area contributed by atoms with E-state index in [4.69, 9.17) is 5.73 Å². The molecule has 0 aromatic heterocycles. The largest absolute Gasteiger partial charge is 0.396 e. The summed E-state index contributed by atoms with van der Waals surface area (Å²) in [6.07, 6.45) is 2.42. The Morgan fingerprint density at radius 1 is 1.67 bits per heavy atom. The summed E-state index contributed by atoms with van der Waals surface area (Å²) in [4.78, 5) is 0. The molecule has 1 aliphatic heterocycles. The van der Waals surface area contributed by atoms with Crippen molar-refractivity contribution in [1.29, 1.82) is 0 Å². The van der Waals surface area contributed by atoms with Gasteiger partial charge in [0.1, 0.15) is 0 Å². The van der Waals surface area contributed by atoms with Crippen molar-refractivity contribution in [3.8, 4) is 0 Å². The maximum Gasteiger partial charge on any atom is 0.0505 e. The van der Waals surface area contributed by atoms with Crippen molar-refractivity contribution in [3.63, 3.8) is 0 Å². The van der Waals surface area contributed by atoms with Gasteiger partial charge in [-0.25, -0.2) is 0 Å². The van der Waals surface area contributed by atoms with Gasteiger partial charge in [0.2, 0.25) is 0 Å². The first-order valence-electron chi connectivity index (χ1n) is 4.61. The third kappa shape index (κ3) is 0.963. The van der Waals surface area contributed by atoms with Crippen LogP contribution in [0.2, 0.25) is 0 Å². The normalized spacial score (nSPS) is 51.8. The molecule has 1 spiro atoms. The van der Waals surface area contributed by atoms with E-state index in [1.54, 1.807) is 0 Å². The van der Waals surface area contributed by atoms with E-state index < -0.39 is 0 Å². The van der Waals surface area contributed by atoms with Crippen molar-refractivity contribution in [2.45, 2.75) is 25.0 Å². The van der Waals surface area contributed by atoms with Crippen LogP contribution in [0.25, 0.3) is 0 Å². The van der Waals surface area contributed by atoms with Gasteiger partial charge >= 0.3 is 0 Å². The Kier molecular flexibility index (Phi) is 1.94. The molecule has 3 N–H and O–H groups in total.